The minimum atomic E-state index is -0.322. The van der Waals surface area contributed by atoms with Gasteiger partial charge in [0.2, 0.25) is 0 Å². The van der Waals surface area contributed by atoms with Crippen molar-refractivity contribution in [2.24, 2.45) is 0 Å². The van der Waals surface area contributed by atoms with Gasteiger partial charge in [-0.3, -0.25) is 14.2 Å². The Morgan fingerprint density at radius 3 is 2.44 bits per heavy atom. The number of nitrogens with zero attached hydrogens (tertiary/aromatic N) is 3. The average molecular weight is 446 g/mol. The van der Waals surface area contributed by atoms with E-state index in [1.54, 1.807) is 35.2 Å². The first kappa shape index (κ1) is 21.6. The molecule has 6 nitrogen and oxygen atoms in total. The summed E-state index contributed by atoms with van der Waals surface area (Å²) in [4.78, 5) is 28.2. The number of likely N-dealkylation sites (tertiary alicyclic amines) is 1. The van der Waals surface area contributed by atoms with E-state index in [2.05, 4.69) is 6.07 Å². The lowest BCUT2D eigenvalue weighted by Gasteiger charge is -2.14. The van der Waals surface area contributed by atoms with Crippen molar-refractivity contribution in [2.45, 2.75) is 19.8 Å². The Morgan fingerprint density at radius 1 is 1.12 bits per heavy atom. The maximum Gasteiger partial charge on any atom is 0.273 e. The molecule has 1 aliphatic heterocycles. The summed E-state index contributed by atoms with van der Waals surface area (Å²) < 4.78 is 7.77. The summed E-state index contributed by atoms with van der Waals surface area (Å²) in [5, 5.41) is 9.91. The lowest BCUT2D eigenvalue weighted by atomic mass is 10.2. The fraction of sp³-hybridized carbons (Fsp3) is 0.240. The number of benzene rings is 2. The Hall–Kier alpha value is -3.63. The average Bonchev–Trinajstić information content (AvgIpc) is 3.45. The molecular formula is C25H23N3O3S. The van der Waals surface area contributed by atoms with E-state index in [0.717, 1.165) is 18.4 Å². The zero-order valence-corrected chi connectivity index (χ0v) is 18.6. The van der Waals surface area contributed by atoms with E-state index in [-0.39, 0.29) is 17.0 Å². The van der Waals surface area contributed by atoms with Crippen LogP contribution in [-0.2, 0) is 4.79 Å². The van der Waals surface area contributed by atoms with Crippen LogP contribution in [0, 0.1) is 11.3 Å². The van der Waals surface area contributed by atoms with Crippen LogP contribution in [0.15, 0.2) is 59.4 Å². The van der Waals surface area contributed by atoms with Gasteiger partial charge in [-0.2, -0.15) is 5.26 Å². The molecule has 32 heavy (non-hydrogen) atoms. The molecule has 0 unspecified atom stereocenters. The largest absolute Gasteiger partial charge is 0.494 e. The highest BCUT2D eigenvalue weighted by Gasteiger charge is 2.24. The lowest BCUT2D eigenvalue weighted by molar-refractivity contribution is -0.123. The molecule has 1 aromatic heterocycles. The van der Waals surface area contributed by atoms with Crippen molar-refractivity contribution >= 4 is 28.9 Å². The number of carbonyl (C=O) groups excluding carboxylic acids is 1. The van der Waals surface area contributed by atoms with E-state index in [1.807, 2.05) is 37.3 Å². The molecule has 1 fully saturated rings. The molecule has 3 aromatic rings. The molecule has 1 amide bonds. The van der Waals surface area contributed by atoms with Crippen molar-refractivity contribution in [1.82, 2.24) is 9.47 Å². The number of nitriles is 1. The molecule has 0 atom stereocenters. The molecule has 2 heterocycles. The normalized spacial score (nSPS) is 14.9. The quantitative estimate of drug-likeness (QED) is 0.605. The highest BCUT2D eigenvalue weighted by Crippen LogP contribution is 2.15. The van der Waals surface area contributed by atoms with E-state index in [1.165, 1.54) is 15.9 Å². The molecular weight excluding hydrogens is 422 g/mol. The molecule has 0 radical (unpaired) electrons. The van der Waals surface area contributed by atoms with Crippen LogP contribution in [0.5, 0.6) is 5.75 Å². The van der Waals surface area contributed by atoms with Gasteiger partial charge in [0.1, 0.15) is 16.5 Å². The Labute approximate surface area is 189 Å². The van der Waals surface area contributed by atoms with Crippen LogP contribution in [0.2, 0.25) is 0 Å². The predicted molar refractivity (Wildman–Crippen MR) is 125 cm³/mol. The minimum Gasteiger partial charge on any atom is -0.494 e. The second kappa shape index (κ2) is 9.67. The summed E-state index contributed by atoms with van der Waals surface area (Å²) in [5.74, 6) is 0.368. The molecule has 0 saturated carbocycles. The van der Waals surface area contributed by atoms with Crippen LogP contribution in [0.25, 0.3) is 17.3 Å². The minimum absolute atomic E-state index is 0.00408. The standard InChI is InChI=1S/C25H23N3O3S/c1-2-31-20-12-10-19(11-13-20)28-24(30)22(16-18-8-4-3-5-9-18)32-25(28)21(17-26)23(29)27-14-6-7-15-27/h3-5,8-13,16H,2,6-7,14-15H2,1H3/b22-16+,25-21-. The first-order valence-corrected chi connectivity index (χ1v) is 11.4. The molecule has 4 rings (SSSR count). The van der Waals surface area contributed by atoms with Gasteiger partial charge in [0.05, 0.1) is 16.8 Å². The maximum absolute atomic E-state index is 13.4. The van der Waals surface area contributed by atoms with Crippen molar-refractivity contribution in [1.29, 1.82) is 5.26 Å². The topological polar surface area (TPSA) is 75.3 Å². The van der Waals surface area contributed by atoms with Gasteiger partial charge in [-0.1, -0.05) is 30.3 Å². The van der Waals surface area contributed by atoms with E-state index >= 15 is 0 Å². The summed E-state index contributed by atoms with van der Waals surface area (Å²) in [6.45, 7) is 3.70. The summed E-state index contributed by atoms with van der Waals surface area (Å²) in [6.07, 6.45) is 3.64. The molecule has 1 saturated heterocycles. The van der Waals surface area contributed by atoms with Crippen LogP contribution >= 0.6 is 11.3 Å². The lowest BCUT2D eigenvalue weighted by Crippen LogP contribution is -2.35. The maximum atomic E-state index is 13.4. The van der Waals surface area contributed by atoms with Gasteiger partial charge in [-0.15, -0.1) is 11.3 Å². The van der Waals surface area contributed by atoms with E-state index < -0.39 is 0 Å². The third kappa shape index (κ3) is 4.36. The van der Waals surface area contributed by atoms with E-state index in [0.29, 0.717) is 40.3 Å². The molecule has 0 spiro atoms. The van der Waals surface area contributed by atoms with Crippen LogP contribution < -0.4 is 19.5 Å². The van der Waals surface area contributed by atoms with Crippen LogP contribution in [0.3, 0.4) is 0 Å². The Balaban J connectivity index is 1.96. The van der Waals surface area contributed by atoms with Gasteiger partial charge >= 0.3 is 0 Å². The zero-order valence-electron chi connectivity index (χ0n) is 17.8. The second-order valence-electron chi connectivity index (χ2n) is 7.38. The molecule has 2 aromatic carbocycles. The molecule has 0 N–H and O–H groups in total. The second-order valence-corrected chi connectivity index (χ2v) is 8.41. The molecule has 7 heteroatoms. The number of thiazole rings is 1. The zero-order chi connectivity index (χ0) is 22.5. The molecule has 0 aliphatic carbocycles. The van der Waals surface area contributed by atoms with Gasteiger partial charge < -0.3 is 9.64 Å². The first-order chi connectivity index (χ1) is 15.6. The van der Waals surface area contributed by atoms with Crippen molar-refractivity contribution < 1.29 is 9.53 Å². The van der Waals surface area contributed by atoms with Gasteiger partial charge in [0.25, 0.3) is 11.5 Å². The highest BCUT2D eigenvalue weighted by atomic mass is 32.1. The number of carbonyl (C=O) groups is 1. The van der Waals surface area contributed by atoms with Crippen LogP contribution in [0.4, 0.5) is 0 Å². The summed E-state index contributed by atoms with van der Waals surface area (Å²) in [7, 11) is 0. The van der Waals surface area contributed by atoms with Gasteiger partial charge in [-0.25, -0.2) is 0 Å². The van der Waals surface area contributed by atoms with Gasteiger partial charge in [0, 0.05) is 13.1 Å². The van der Waals surface area contributed by atoms with Crippen molar-refractivity contribution in [3.05, 3.63) is 79.7 Å². The monoisotopic (exact) mass is 445 g/mol. The molecule has 162 valence electrons. The number of rotatable bonds is 5. The number of ether oxygens (including phenoxy) is 1. The Kier molecular flexibility index (Phi) is 6.52. The van der Waals surface area contributed by atoms with Crippen molar-refractivity contribution in [3.63, 3.8) is 0 Å². The number of hydrogen-bond donors (Lipinski definition) is 0. The number of hydrogen-bond acceptors (Lipinski definition) is 5. The van der Waals surface area contributed by atoms with Crippen molar-refractivity contribution in [2.75, 3.05) is 19.7 Å². The van der Waals surface area contributed by atoms with E-state index in [9.17, 15) is 14.9 Å². The molecule has 0 bridgehead atoms. The van der Waals surface area contributed by atoms with E-state index in [4.69, 9.17) is 4.74 Å². The summed E-state index contributed by atoms with van der Waals surface area (Å²) in [5.41, 5.74) is 1.19. The highest BCUT2D eigenvalue weighted by molar-refractivity contribution is 7.07. The fourth-order valence-corrected chi connectivity index (χ4v) is 4.81. The Morgan fingerprint density at radius 2 is 1.81 bits per heavy atom. The molecule has 1 aliphatic rings. The van der Waals surface area contributed by atoms with Crippen LogP contribution in [-0.4, -0.2) is 35.1 Å². The number of aromatic nitrogens is 1. The summed E-state index contributed by atoms with van der Waals surface area (Å²) in [6, 6.07) is 18.7. The third-order valence-corrected chi connectivity index (χ3v) is 6.35. The van der Waals surface area contributed by atoms with Gasteiger partial charge in [-0.05, 0) is 55.7 Å². The first-order valence-electron chi connectivity index (χ1n) is 10.6. The predicted octanol–water partition coefficient (Wildman–Crippen LogP) is 2.42. The van der Waals surface area contributed by atoms with Crippen LogP contribution in [0.1, 0.15) is 25.3 Å². The summed E-state index contributed by atoms with van der Waals surface area (Å²) >= 11 is 1.17. The third-order valence-electron chi connectivity index (χ3n) is 5.26. The smallest absolute Gasteiger partial charge is 0.273 e. The fourth-order valence-electron chi connectivity index (χ4n) is 3.71. The Bertz CT molecular complexity index is 1330. The number of amides is 1. The van der Waals surface area contributed by atoms with Gasteiger partial charge in [0.15, 0.2) is 5.57 Å². The van der Waals surface area contributed by atoms with Crippen molar-refractivity contribution in [3.8, 4) is 17.5 Å². The SMILES string of the molecule is CCOc1ccc(-n2c(=O)/c(=C\c3ccccc3)s/c2=C(/C#N)C(=O)N2CCCC2)cc1.